The van der Waals surface area contributed by atoms with E-state index < -0.39 is 13.3 Å². The Hall–Kier alpha value is 0.415. The van der Waals surface area contributed by atoms with Crippen LogP contribution >= 0.6 is 0 Å². The van der Waals surface area contributed by atoms with E-state index in [1.165, 1.54) is 0 Å². The van der Waals surface area contributed by atoms with E-state index in [9.17, 15) is 9.82 Å². The van der Waals surface area contributed by atoms with Crippen molar-refractivity contribution < 1.29 is 54.1 Å². The van der Waals surface area contributed by atoms with Crippen LogP contribution in [0.3, 0.4) is 0 Å². The molecular weight excluding hydrogens is 138 g/mol. The summed E-state index contributed by atoms with van der Waals surface area (Å²) in [6.07, 6.45) is 0. The van der Waals surface area contributed by atoms with Crippen LogP contribution in [0.1, 0.15) is 6.92 Å². The Morgan fingerprint density at radius 2 is 2.22 bits per heavy atom. The van der Waals surface area contributed by atoms with Crippen molar-refractivity contribution in [2.75, 3.05) is 0 Å². The van der Waals surface area contributed by atoms with E-state index >= 15 is 0 Å². The molecule has 7 heteroatoms. The Balaban J connectivity index is 0. The zero-order valence-electron chi connectivity index (χ0n) is 5.16. The van der Waals surface area contributed by atoms with Gasteiger partial charge in [0.15, 0.2) is 0 Å². The first-order valence-corrected chi connectivity index (χ1v) is 1.80. The number of rotatable bonds is 2. The molecule has 46 valence electrons. The smallest absolute Gasteiger partial charge is 0.829 e. The normalized spacial score (nSPS) is 7.44. The standard InChI is InChI=1S/C2H4BO5.Na/c1-2(4)7-8-3(5)6;/h5H,1H3;/q-1;+1. The molecule has 0 atom stereocenters. The summed E-state index contributed by atoms with van der Waals surface area (Å²) < 4.78 is 0. The van der Waals surface area contributed by atoms with Gasteiger partial charge in [-0.05, 0) is 0 Å². The van der Waals surface area contributed by atoms with E-state index in [1.807, 2.05) is 0 Å². The maximum Gasteiger partial charge on any atom is 1.00 e. The van der Waals surface area contributed by atoms with Crippen molar-refractivity contribution >= 4 is 13.3 Å². The van der Waals surface area contributed by atoms with E-state index in [1.54, 1.807) is 0 Å². The maximum atomic E-state index is 9.75. The summed E-state index contributed by atoms with van der Waals surface area (Å²) in [5.41, 5.74) is 0. The predicted molar refractivity (Wildman–Crippen MR) is 20.8 cm³/mol. The summed E-state index contributed by atoms with van der Waals surface area (Å²) in [6, 6.07) is 0. The van der Waals surface area contributed by atoms with Crippen LogP contribution in [0.5, 0.6) is 0 Å². The van der Waals surface area contributed by atoms with Crippen LogP contribution < -0.4 is 34.6 Å². The number of carbonyl (C=O) groups is 1. The molecule has 0 fully saturated rings. The van der Waals surface area contributed by atoms with Crippen molar-refractivity contribution in [1.29, 1.82) is 0 Å². The third-order valence-electron chi connectivity index (χ3n) is 0.248. The minimum absolute atomic E-state index is 0. The molecule has 0 bridgehead atoms. The Labute approximate surface area is 74.4 Å². The van der Waals surface area contributed by atoms with Gasteiger partial charge in [0.2, 0.25) is 0 Å². The second kappa shape index (κ2) is 6.53. The molecule has 0 radical (unpaired) electrons. The van der Waals surface area contributed by atoms with Gasteiger partial charge in [-0.25, -0.2) is 9.60 Å². The Bertz CT molecular complexity index is 85.0. The van der Waals surface area contributed by atoms with Crippen molar-refractivity contribution in [3.05, 3.63) is 0 Å². The summed E-state index contributed by atoms with van der Waals surface area (Å²) in [4.78, 5) is 16.8. The predicted octanol–water partition coefficient (Wildman–Crippen LogP) is -5.18. The van der Waals surface area contributed by atoms with Gasteiger partial charge < -0.3 is 14.9 Å². The van der Waals surface area contributed by atoms with Crippen molar-refractivity contribution in [3.63, 3.8) is 0 Å². The summed E-state index contributed by atoms with van der Waals surface area (Å²) in [5, 5.41) is 17.2. The molecule has 9 heavy (non-hydrogen) atoms. The fourth-order valence-electron chi connectivity index (χ4n) is 0.109. The molecule has 0 aromatic carbocycles. The van der Waals surface area contributed by atoms with E-state index in [-0.39, 0.29) is 29.6 Å². The molecule has 0 aliphatic heterocycles. The molecule has 0 aliphatic rings. The van der Waals surface area contributed by atoms with Gasteiger partial charge >= 0.3 is 42.8 Å². The molecule has 0 rings (SSSR count). The molecule has 1 N–H and O–H groups in total. The molecule has 0 spiro atoms. The molecule has 0 saturated heterocycles. The maximum absolute atomic E-state index is 9.75. The molecule has 0 saturated carbocycles. The van der Waals surface area contributed by atoms with Gasteiger partial charge in [0, 0.05) is 6.92 Å². The van der Waals surface area contributed by atoms with E-state index in [0.717, 1.165) is 6.92 Å². The first-order valence-electron chi connectivity index (χ1n) is 1.80. The fraction of sp³-hybridized carbons (Fsp3) is 0.500. The average molecular weight is 142 g/mol. The van der Waals surface area contributed by atoms with Gasteiger partial charge in [0.25, 0.3) is 0 Å². The molecule has 0 aliphatic carbocycles. The molecular formula is C2H4BNaO5. The quantitative estimate of drug-likeness (QED) is 0.237. The Morgan fingerprint density at radius 1 is 1.78 bits per heavy atom. The molecule has 5 nitrogen and oxygen atoms in total. The number of hydrogen-bond donors (Lipinski definition) is 1. The van der Waals surface area contributed by atoms with Gasteiger partial charge in [0.05, 0.1) is 0 Å². The SMILES string of the molecule is CC(=O)OOB([O-])O.[Na+]. The first kappa shape index (κ1) is 12.1. The van der Waals surface area contributed by atoms with Crippen LogP contribution in [0, 0.1) is 0 Å². The van der Waals surface area contributed by atoms with Crippen LogP contribution in [0.25, 0.3) is 0 Å². The van der Waals surface area contributed by atoms with Crippen molar-refractivity contribution in [3.8, 4) is 0 Å². The van der Waals surface area contributed by atoms with Gasteiger partial charge in [-0.2, -0.15) is 0 Å². The first-order chi connectivity index (χ1) is 3.63. The number of carbonyl (C=O) groups excluding carboxylic acids is 1. The molecule has 0 unspecified atom stereocenters. The minimum atomic E-state index is -2.31. The Morgan fingerprint density at radius 3 is 2.33 bits per heavy atom. The molecule has 0 heterocycles. The summed E-state index contributed by atoms with van der Waals surface area (Å²) in [5.74, 6) is -0.778. The average Bonchev–Trinajstić information content (AvgIpc) is 1.61. The topological polar surface area (TPSA) is 78.8 Å². The van der Waals surface area contributed by atoms with Crippen molar-refractivity contribution in [2.45, 2.75) is 6.92 Å². The van der Waals surface area contributed by atoms with Gasteiger partial charge in [-0.3, -0.25) is 0 Å². The monoisotopic (exact) mass is 142 g/mol. The van der Waals surface area contributed by atoms with Crippen LogP contribution in [-0.4, -0.2) is 18.3 Å². The van der Waals surface area contributed by atoms with Crippen LogP contribution in [0.15, 0.2) is 0 Å². The van der Waals surface area contributed by atoms with Crippen LogP contribution in [-0.2, 0) is 14.5 Å². The van der Waals surface area contributed by atoms with E-state index in [0.29, 0.717) is 0 Å². The van der Waals surface area contributed by atoms with Crippen molar-refractivity contribution in [2.24, 2.45) is 0 Å². The van der Waals surface area contributed by atoms with E-state index in [2.05, 4.69) is 9.69 Å². The molecule has 0 aromatic heterocycles. The van der Waals surface area contributed by atoms with E-state index in [4.69, 9.17) is 5.02 Å². The summed E-state index contributed by atoms with van der Waals surface area (Å²) in [6.45, 7) is 1.04. The molecule has 0 aromatic rings. The zero-order chi connectivity index (χ0) is 6.57. The van der Waals surface area contributed by atoms with Crippen LogP contribution in [0.4, 0.5) is 0 Å². The molecule has 0 amide bonds. The zero-order valence-corrected chi connectivity index (χ0v) is 7.16. The van der Waals surface area contributed by atoms with Crippen LogP contribution in [0.2, 0.25) is 0 Å². The second-order valence-electron chi connectivity index (χ2n) is 0.978. The van der Waals surface area contributed by atoms with Gasteiger partial charge in [-0.1, -0.05) is 0 Å². The summed E-state index contributed by atoms with van der Waals surface area (Å²) in [7, 11) is -2.31. The third kappa shape index (κ3) is 11.8. The largest absolute Gasteiger partial charge is 1.00 e. The summed E-state index contributed by atoms with van der Waals surface area (Å²) >= 11 is 0. The third-order valence-corrected chi connectivity index (χ3v) is 0.248. The van der Waals surface area contributed by atoms with Crippen molar-refractivity contribution in [1.82, 2.24) is 0 Å². The fourth-order valence-corrected chi connectivity index (χ4v) is 0.109. The van der Waals surface area contributed by atoms with Gasteiger partial charge in [-0.15, -0.1) is 0 Å². The number of hydrogen-bond acceptors (Lipinski definition) is 5. The second-order valence-corrected chi connectivity index (χ2v) is 0.978. The Kier molecular flexibility index (Phi) is 8.80. The minimum Gasteiger partial charge on any atom is -0.829 e. The van der Waals surface area contributed by atoms with Gasteiger partial charge in [0.1, 0.15) is 0 Å².